The number of rotatable bonds is 5. The van der Waals surface area contributed by atoms with E-state index in [4.69, 9.17) is 11.2 Å². The number of carbonyl (C=O) groups excluding carboxylic acids is 1. The molecule has 0 aromatic heterocycles. The second kappa shape index (κ2) is 5.82. The Morgan fingerprint density at radius 3 is 3.07 bits per heavy atom. The van der Waals surface area contributed by atoms with Crippen LogP contribution < -0.4 is 0 Å². The molecule has 2 heteroatoms. The fourth-order valence-corrected chi connectivity index (χ4v) is 1.97. The van der Waals surface area contributed by atoms with Crippen LogP contribution in [0.4, 0.5) is 0 Å². The van der Waals surface area contributed by atoms with Gasteiger partial charge in [-0.15, -0.1) is 12.3 Å². The Morgan fingerprint density at radius 2 is 2.43 bits per heavy atom. The maximum Gasteiger partial charge on any atom is 0.138 e. The molecule has 1 aliphatic heterocycles. The molecule has 1 rings (SSSR count). The molecule has 2 unspecified atom stereocenters. The predicted molar refractivity (Wildman–Crippen MR) is 55.8 cm³/mol. The van der Waals surface area contributed by atoms with Crippen LogP contribution in [0.2, 0.25) is 0 Å². The van der Waals surface area contributed by atoms with E-state index >= 15 is 0 Å². The van der Waals surface area contributed by atoms with Crippen LogP contribution in [0, 0.1) is 18.3 Å². The van der Waals surface area contributed by atoms with Gasteiger partial charge in [0.1, 0.15) is 5.78 Å². The number of hydrogen-bond donors (Lipinski definition) is 0. The summed E-state index contributed by atoms with van der Waals surface area (Å²) in [6.07, 6.45) is 9.27. The fourth-order valence-electron chi connectivity index (χ4n) is 1.97. The van der Waals surface area contributed by atoms with E-state index < -0.39 is 0 Å². The lowest BCUT2D eigenvalue weighted by atomic mass is 9.92. The average Bonchev–Trinajstić information content (AvgIpc) is 2.65. The van der Waals surface area contributed by atoms with Crippen molar-refractivity contribution in [3.8, 4) is 12.3 Å². The van der Waals surface area contributed by atoms with Crippen LogP contribution in [0.1, 0.15) is 39.0 Å². The minimum atomic E-state index is 0.137. The van der Waals surface area contributed by atoms with Gasteiger partial charge in [0.25, 0.3) is 0 Å². The summed E-state index contributed by atoms with van der Waals surface area (Å²) in [5.74, 6) is 3.03. The molecule has 2 atom stereocenters. The molecule has 0 aromatic carbocycles. The first-order valence-corrected chi connectivity index (χ1v) is 5.37. The van der Waals surface area contributed by atoms with Gasteiger partial charge >= 0.3 is 0 Å². The number of ether oxygens (including phenoxy) is 1. The first-order valence-electron chi connectivity index (χ1n) is 5.37. The third kappa shape index (κ3) is 2.85. The van der Waals surface area contributed by atoms with E-state index in [0.717, 1.165) is 25.9 Å². The van der Waals surface area contributed by atoms with Gasteiger partial charge in [-0.1, -0.05) is 6.92 Å². The van der Waals surface area contributed by atoms with Crippen LogP contribution in [0.5, 0.6) is 0 Å². The van der Waals surface area contributed by atoms with Crippen molar-refractivity contribution in [2.45, 2.75) is 45.1 Å². The second-order valence-corrected chi connectivity index (χ2v) is 3.74. The standard InChI is InChI=1S/C12H18O2/c1-3-5-6-7-11(13)10-8-9-14-12(10)4-2/h1,10,12H,4-9H2,2H3. The van der Waals surface area contributed by atoms with E-state index in [0.29, 0.717) is 18.6 Å². The van der Waals surface area contributed by atoms with E-state index in [9.17, 15) is 4.79 Å². The molecule has 0 aliphatic carbocycles. The Hall–Kier alpha value is -0.810. The van der Waals surface area contributed by atoms with Gasteiger partial charge in [0, 0.05) is 25.4 Å². The lowest BCUT2D eigenvalue weighted by molar-refractivity contribution is -0.124. The van der Waals surface area contributed by atoms with Gasteiger partial charge in [0.2, 0.25) is 0 Å². The van der Waals surface area contributed by atoms with Crippen LogP contribution in [-0.2, 0) is 9.53 Å². The highest BCUT2D eigenvalue weighted by molar-refractivity contribution is 5.81. The van der Waals surface area contributed by atoms with Crippen LogP contribution in [0.15, 0.2) is 0 Å². The number of carbonyl (C=O) groups is 1. The highest BCUT2D eigenvalue weighted by Crippen LogP contribution is 2.25. The molecule has 0 amide bonds. The monoisotopic (exact) mass is 194 g/mol. The summed E-state index contributed by atoms with van der Waals surface area (Å²) in [5.41, 5.74) is 0. The smallest absolute Gasteiger partial charge is 0.138 e. The number of Topliss-reactive ketones (excluding diaryl/α,β-unsaturated/α-hetero) is 1. The molecule has 0 radical (unpaired) electrons. The molecule has 1 heterocycles. The molecule has 0 bridgehead atoms. The van der Waals surface area contributed by atoms with Crippen LogP contribution in [0.3, 0.4) is 0 Å². The summed E-state index contributed by atoms with van der Waals surface area (Å²) in [6.45, 7) is 2.81. The number of hydrogen-bond acceptors (Lipinski definition) is 2. The molecule has 78 valence electrons. The summed E-state index contributed by atoms with van der Waals surface area (Å²) in [5, 5.41) is 0. The van der Waals surface area contributed by atoms with Crippen LogP contribution >= 0.6 is 0 Å². The molecule has 0 aromatic rings. The van der Waals surface area contributed by atoms with Crippen molar-refractivity contribution in [2.75, 3.05) is 6.61 Å². The molecule has 2 nitrogen and oxygen atoms in total. The van der Waals surface area contributed by atoms with Crippen LogP contribution in [-0.4, -0.2) is 18.5 Å². The normalized spacial score (nSPS) is 26.0. The molecule has 0 N–H and O–H groups in total. The van der Waals surface area contributed by atoms with Gasteiger partial charge < -0.3 is 4.74 Å². The summed E-state index contributed by atoms with van der Waals surface area (Å²) < 4.78 is 5.48. The Kier molecular flexibility index (Phi) is 4.69. The summed E-state index contributed by atoms with van der Waals surface area (Å²) in [6, 6.07) is 0. The number of ketones is 1. The van der Waals surface area contributed by atoms with Crippen molar-refractivity contribution < 1.29 is 9.53 Å². The molecule has 1 aliphatic rings. The highest BCUT2D eigenvalue weighted by atomic mass is 16.5. The molecule has 0 saturated carbocycles. The lowest BCUT2D eigenvalue weighted by Gasteiger charge is -2.14. The second-order valence-electron chi connectivity index (χ2n) is 3.74. The van der Waals surface area contributed by atoms with Crippen molar-refractivity contribution in [3.63, 3.8) is 0 Å². The van der Waals surface area contributed by atoms with E-state index in [1.165, 1.54) is 0 Å². The van der Waals surface area contributed by atoms with E-state index in [1.807, 2.05) is 0 Å². The minimum absolute atomic E-state index is 0.137. The van der Waals surface area contributed by atoms with E-state index in [2.05, 4.69) is 12.8 Å². The first-order chi connectivity index (χ1) is 6.79. The zero-order chi connectivity index (χ0) is 10.4. The van der Waals surface area contributed by atoms with Gasteiger partial charge in [-0.05, 0) is 19.3 Å². The summed E-state index contributed by atoms with van der Waals surface area (Å²) >= 11 is 0. The SMILES string of the molecule is C#CCCCC(=O)C1CCOC1CC. The van der Waals surface area contributed by atoms with Gasteiger partial charge in [-0.3, -0.25) is 4.79 Å². The Labute approximate surface area is 86.0 Å². The van der Waals surface area contributed by atoms with Crippen molar-refractivity contribution in [3.05, 3.63) is 0 Å². The quantitative estimate of drug-likeness (QED) is 0.495. The molecule has 14 heavy (non-hydrogen) atoms. The van der Waals surface area contributed by atoms with Gasteiger partial charge in [0.15, 0.2) is 0 Å². The number of terminal acetylenes is 1. The average molecular weight is 194 g/mol. The van der Waals surface area contributed by atoms with Gasteiger partial charge in [0.05, 0.1) is 6.10 Å². The molecule has 1 fully saturated rings. The largest absolute Gasteiger partial charge is 0.377 e. The van der Waals surface area contributed by atoms with Crippen molar-refractivity contribution in [1.29, 1.82) is 0 Å². The molecule has 0 spiro atoms. The van der Waals surface area contributed by atoms with E-state index in [-0.39, 0.29) is 12.0 Å². The maximum absolute atomic E-state index is 11.7. The number of unbranched alkanes of at least 4 members (excludes halogenated alkanes) is 1. The molecule has 1 saturated heterocycles. The van der Waals surface area contributed by atoms with Crippen molar-refractivity contribution in [1.82, 2.24) is 0 Å². The predicted octanol–water partition coefficient (Wildman–Crippen LogP) is 2.17. The maximum atomic E-state index is 11.7. The molecular weight excluding hydrogens is 176 g/mol. The Morgan fingerprint density at radius 1 is 1.64 bits per heavy atom. The topological polar surface area (TPSA) is 26.3 Å². The van der Waals surface area contributed by atoms with Crippen molar-refractivity contribution in [2.24, 2.45) is 5.92 Å². The third-order valence-electron chi connectivity index (χ3n) is 2.77. The van der Waals surface area contributed by atoms with E-state index in [1.54, 1.807) is 0 Å². The molecular formula is C12H18O2. The summed E-state index contributed by atoms with van der Waals surface area (Å²) in [7, 11) is 0. The zero-order valence-electron chi connectivity index (χ0n) is 8.79. The van der Waals surface area contributed by atoms with Crippen molar-refractivity contribution >= 4 is 5.78 Å². The fraction of sp³-hybridized carbons (Fsp3) is 0.750. The Bertz CT molecular complexity index is 227. The third-order valence-corrected chi connectivity index (χ3v) is 2.77. The summed E-state index contributed by atoms with van der Waals surface area (Å²) in [4.78, 5) is 11.7. The van der Waals surface area contributed by atoms with Crippen LogP contribution in [0.25, 0.3) is 0 Å². The van der Waals surface area contributed by atoms with Gasteiger partial charge in [-0.2, -0.15) is 0 Å². The minimum Gasteiger partial charge on any atom is -0.377 e. The Balaban J connectivity index is 2.32. The van der Waals surface area contributed by atoms with Gasteiger partial charge in [-0.25, -0.2) is 0 Å². The highest BCUT2D eigenvalue weighted by Gasteiger charge is 2.31. The zero-order valence-corrected chi connectivity index (χ0v) is 8.79. The first kappa shape index (κ1) is 11.3. The lowest BCUT2D eigenvalue weighted by Crippen LogP contribution is -2.23.